The number of carbonyl (C=O) groups excluding carboxylic acids is 1. The predicted octanol–water partition coefficient (Wildman–Crippen LogP) is 7.91. The van der Waals surface area contributed by atoms with E-state index in [1.165, 1.54) is 18.9 Å². The van der Waals surface area contributed by atoms with Crippen molar-refractivity contribution in [2.24, 2.45) is 5.41 Å². The normalized spacial score (nSPS) is 13.2. The van der Waals surface area contributed by atoms with Crippen molar-refractivity contribution >= 4 is 16.9 Å². The summed E-state index contributed by atoms with van der Waals surface area (Å²) in [5.74, 6) is 0.876. The summed E-state index contributed by atoms with van der Waals surface area (Å²) >= 11 is 0. The summed E-state index contributed by atoms with van der Waals surface area (Å²) in [6.07, 6.45) is -0.296. The summed E-state index contributed by atoms with van der Waals surface area (Å²) in [4.78, 5) is 11.4. The van der Waals surface area contributed by atoms with Gasteiger partial charge in [0, 0.05) is 22.9 Å². The van der Waals surface area contributed by atoms with Gasteiger partial charge in [0.1, 0.15) is 29.4 Å². The first-order chi connectivity index (χ1) is 17.6. The minimum atomic E-state index is -4.46. The zero-order valence-corrected chi connectivity index (χ0v) is 21.5. The van der Waals surface area contributed by atoms with E-state index in [4.69, 9.17) is 18.6 Å². The Bertz CT molecular complexity index is 1210. The van der Waals surface area contributed by atoms with E-state index in [1.54, 1.807) is 25.3 Å². The number of fused-ring (bicyclic) bond motifs is 1. The van der Waals surface area contributed by atoms with E-state index >= 15 is 0 Å². The van der Waals surface area contributed by atoms with Crippen LogP contribution >= 0.6 is 0 Å². The number of rotatable bonds is 13. The summed E-state index contributed by atoms with van der Waals surface area (Å²) in [5.41, 5.74) is 1.05. The highest BCUT2D eigenvalue weighted by molar-refractivity contribution is 5.85. The van der Waals surface area contributed by atoms with E-state index in [1.807, 2.05) is 18.2 Å². The predicted molar refractivity (Wildman–Crippen MR) is 137 cm³/mol. The second-order valence-electron chi connectivity index (χ2n) is 9.51. The zero-order chi connectivity index (χ0) is 27.1. The molecular weight excluding hydrogens is 485 g/mol. The third-order valence-electron chi connectivity index (χ3n) is 6.04. The summed E-state index contributed by atoms with van der Waals surface area (Å²) in [6.45, 7) is 6.02. The molecule has 0 aliphatic heterocycles. The maximum absolute atomic E-state index is 13.2. The Morgan fingerprint density at radius 1 is 1.08 bits per heavy atom. The van der Waals surface area contributed by atoms with E-state index in [0.29, 0.717) is 22.8 Å². The van der Waals surface area contributed by atoms with Crippen molar-refractivity contribution in [1.29, 1.82) is 0 Å². The number of methoxy groups -OCH3 is 1. The third kappa shape index (κ3) is 8.03. The van der Waals surface area contributed by atoms with Crippen LogP contribution in [0.15, 0.2) is 59.5 Å². The van der Waals surface area contributed by atoms with Gasteiger partial charge in [-0.15, -0.1) is 0 Å². The third-order valence-corrected chi connectivity index (χ3v) is 6.04. The molecule has 3 aromatic rings. The number of esters is 1. The van der Waals surface area contributed by atoms with Gasteiger partial charge in [-0.3, -0.25) is 0 Å². The van der Waals surface area contributed by atoms with Gasteiger partial charge in [-0.2, -0.15) is 13.2 Å². The van der Waals surface area contributed by atoms with Crippen LogP contribution in [0.25, 0.3) is 22.3 Å². The van der Waals surface area contributed by atoms with E-state index in [-0.39, 0.29) is 6.61 Å². The molecule has 200 valence electrons. The number of alkyl halides is 3. The highest BCUT2D eigenvalue weighted by Gasteiger charge is 2.41. The molecule has 5 nitrogen and oxygen atoms in total. The van der Waals surface area contributed by atoms with E-state index in [2.05, 4.69) is 19.6 Å². The Labute approximate surface area is 215 Å². The van der Waals surface area contributed by atoms with Crippen molar-refractivity contribution in [3.63, 3.8) is 0 Å². The first-order valence-electron chi connectivity index (χ1n) is 12.3. The van der Waals surface area contributed by atoms with Crippen LogP contribution in [0.1, 0.15) is 45.1 Å². The molecule has 1 atom stereocenters. The summed E-state index contributed by atoms with van der Waals surface area (Å²) in [6, 6.07) is 13.0. The minimum Gasteiger partial charge on any atom is -0.496 e. The molecule has 1 heterocycles. The molecule has 0 saturated heterocycles. The first kappa shape index (κ1) is 28.2. The van der Waals surface area contributed by atoms with Crippen molar-refractivity contribution in [2.75, 3.05) is 20.3 Å². The lowest BCUT2D eigenvalue weighted by Crippen LogP contribution is -2.36. The van der Waals surface area contributed by atoms with Gasteiger partial charge in [0.15, 0.2) is 0 Å². The van der Waals surface area contributed by atoms with E-state index < -0.39 is 30.6 Å². The number of halogens is 3. The molecule has 0 fully saturated rings. The number of ether oxygens (including phenoxy) is 3. The van der Waals surface area contributed by atoms with Crippen LogP contribution < -0.4 is 9.47 Å². The van der Waals surface area contributed by atoms with Crippen molar-refractivity contribution in [3.05, 3.63) is 60.7 Å². The lowest BCUT2D eigenvalue weighted by Gasteiger charge is -2.29. The topological polar surface area (TPSA) is 57.9 Å². The summed E-state index contributed by atoms with van der Waals surface area (Å²) in [5, 5.41) is 0.814. The zero-order valence-electron chi connectivity index (χ0n) is 21.5. The maximum atomic E-state index is 13.2. The number of unbranched alkanes of at least 4 members (excludes halogenated alkanes) is 2. The van der Waals surface area contributed by atoms with Gasteiger partial charge in [0.2, 0.25) is 0 Å². The molecule has 1 unspecified atom stereocenters. The fourth-order valence-electron chi connectivity index (χ4n) is 4.10. The Kier molecular flexibility index (Phi) is 9.29. The molecule has 0 bridgehead atoms. The molecule has 2 aromatic carbocycles. The van der Waals surface area contributed by atoms with Crippen LogP contribution in [0.4, 0.5) is 13.2 Å². The Morgan fingerprint density at radius 3 is 2.54 bits per heavy atom. The molecule has 0 aliphatic rings. The molecule has 1 aromatic heterocycles. The van der Waals surface area contributed by atoms with Gasteiger partial charge in [-0.1, -0.05) is 39.3 Å². The lowest BCUT2D eigenvalue weighted by molar-refractivity contribution is -0.172. The van der Waals surface area contributed by atoms with Crippen molar-refractivity contribution < 1.29 is 36.6 Å². The standard InChI is InChI=1S/C29H33F3O5/c1-5-7-8-9-20-10-13-23(25(14-20)34-4)26-15-21-11-12-22(16-24(21)37-26)35-18-28(3,17-29(30,31)32)19-36-27(33)6-2/h6,10-16H,2,5,7-9,17-19H2,1,3-4H3. The van der Waals surface area contributed by atoms with Crippen molar-refractivity contribution in [1.82, 2.24) is 0 Å². The molecule has 0 N–H and O–H groups in total. The second kappa shape index (κ2) is 12.2. The molecule has 8 heteroatoms. The SMILES string of the molecule is C=CC(=O)OCC(C)(COc1ccc2cc(-c3ccc(CCCCC)cc3OC)oc2c1)CC(F)(F)F. The largest absolute Gasteiger partial charge is 0.496 e. The molecule has 0 spiro atoms. The quantitative estimate of drug-likeness (QED) is 0.131. The number of benzene rings is 2. The summed E-state index contributed by atoms with van der Waals surface area (Å²) < 4.78 is 61.8. The fourth-order valence-corrected chi connectivity index (χ4v) is 4.10. The first-order valence-corrected chi connectivity index (χ1v) is 12.3. The number of hydrogen-bond donors (Lipinski definition) is 0. The van der Waals surface area contributed by atoms with Crippen LogP contribution in [-0.2, 0) is 16.0 Å². The van der Waals surface area contributed by atoms with Gasteiger partial charge >= 0.3 is 12.1 Å². The van der Waals surface area contributed by atoms with Gasteiger partial charge in [-0.05, 0) is 48.7 Å². The van der Waals surface area contributed by atoms with E-state index in [0.717, 1.165) is 36.3 Å². The van der Waals surface area contributed by atoms with E-state index in [9.17, 15) is 18.0 Å². The average Bonchev–Trinajstić information content (AvgIpc) is 3.28. The number of furan rings is 1. The van der Waals surface area contributed by atoms with Crippen molar-refractivity contribution in [3.8, 4) is 22.8 Å². The van der Waals surface area contributed by atoms with Crippen LogP contribution in [0.3, 0.4) is 0 Å². The molecule has 0 amide bonds. The minimum absolute atomic E-state index is 0.316. The smallest absolute Gasteiger partial charge is 0.389 e. The number of aryl methyl sites for hydroxylation is 1. The highest BCUT2D eigenvalue weighted by atomic mass is 19.4. The van der Waals surface area contributed by atoms with Gasteiger partial charge in [0.25, 0.3) is 0 Å². The number of carbonyl (C=O) groups is 1. The van der Waals surface area contributed by atoms with Crippen molar-refractivity contribution in [2.45, 2.75) is 52.1 Å². The molecule has 0 radical (unpaired) electrons. The van der Waals surface area contributed by atoms with Crippen LogP contribution in [0, 0.1) is 5.41 Å². The Hall–Kier alpha value is -3.42. The van der Waals surface area contributed by atoms with Gasteiger partial charge < -0.3 is 18.6 Å². The molecular formula is C29H33F3O5. The number of hydrogen-bond acceptors (Lipinski definition) is 5. The Balaban J connectivity index is 1.78. The molecule has 0 saturated carbocycles. The molecule has 3 rings (SSSR count). The van der Waals surface area contributed by atoms with Crippen LogP contribution in [-0.4, -0.2) is 32.5 Å². The fraction of sp³-hybridized carbons (Fsp3) is 0.414. The summed E-state index contributed by atoms with van der Waals surface area (Å²) in [7, 11) is 1.62. The average molecular weight is 519 g/mol. The second-order valence-corrected chi connectivity index (χ2v) is 9.51. The van der Waals surface area contributed by atoms with Gasteiger partial charge in [-0.25, -0.2) is 4.79 Å². The van der Waals surface area contributed by atoms with Crippen LogP contribution in [0.5, 0.6) is 11.5 Å². The van der Waals surface area contributed by atoms with Crippen LogP contribution in [0.2, 0.25) is 0 Å². The highest BCUT2D eigenvalue weighted by Crippen LogP contribution is 2.37. The molecule has 0 aliphatic carbocycles. The maximum Gasteiger partial charge on any atom is 0.389 e. The molecule has 37 heavy (non-hydrogen) atoms. The monoisotopic (exact) mass is 518 g/mol. The van der Waals surface area contributed by atoms with Gasteiger partial charge in [0.05, 0.1) is 25.7 Å². The lowest BCUT2D eigenvalue weighted by atomic mass is 9.88. The Morgan fingerprint density at radius 2 is 1.86 bits per heavy atom.